The van der Waals surface area contributed by atoms with Gasteiger partial charge in [0.25, 0.3) is 0 Å². The molecule has 60 valence electrons. The van der Waals surface area contributed by atoms with Crippen molar-refractivity contribution >= 4 is 11.5 Å². The van der Waals surface area contributed by atoms with Crippen molar-refractivity contribution in [3.05, 3.63) is 17.8 Å². The minimum absolute atomic E-state index is 0.242. The average molecular weight is 155 g/mol. The van der Waals surface area contributed by atoms with Crippen molar-refractivity contribution in [1.82, 2.24) is 4.98 Å². The number of pyridine rings is 1. The van der Waals surface area contributed by atoms with Gasteiger partial charge in [-0.3, -0.25) is 4.39 Å². The third kappa shape index (κ3) is 1.58. The van der Waals surface area contributed by atoms with Crippen molar-refractivity contribution < 1.29 is 4.39 Å². The number of anilines is 2. The third-order valence-corrected chi connectivity index (χ3v) is 1.47. The zero-order valence-electron chi connectivity index (χ0n) is 6.05. The number of nitrogen functional groups attached to an aromatic ring is 2. The molecule has 0 aliphatic rings. The van der Waals surface area contributed by atoms with E-state index in [2.05, 4.69) is 4.98 Å². The van der Waals surface area contributed by atoms with E-state index in [9.17, 15) is 4.39 Å². The van der Waals surface area contributed by atoms with Crippen LogP contribution in [0.3, 0.4) is 0 Å². The van der Waals surface area contributed by atoms with Gasteiger partial charge in [0.1, 0.15) is 5.82 Å². The van der Waals surface area contributed by atoms with Gasteiger partial charge >= 0.3 is 0 Å². The summed E-state index contributed by atoms with van der Waals surface area (Å²) in [5.41, 5.74) is 12.1. The molecule has 0 aliphatic heterocycles. The second kappa shape index (κ2) is 3.18. The number of nitrogens with two attached hydrogens (primary N) is 2. The van der Waals surface area contributed by atoms with Crippen molar-refractivity contribution in [2.24, 2.45) is 0 Å². The Morgan fingerprint density at radius 2 is 2.18 bits per heavy atom. The van der Waals surface area contributed by atoms with E-state index in [1.807, 2.05) is 0 Å². The zero-order valence-corrected chi connectivity index (χ0v) is 6.05. The summed E-state index contributed by atoms with van der Waals surface area (Å²) in [6.45, 7) is -0.458. The van der Waals surface area contributed by atoms with Crippen molar-refractivity contribution in [2.45, 2.75) is 6.42 Å². The fourth-order valence-electron chi connectivity index (χ4n) is 0.891. The van der Waals surface area contributed by atoms with Crippen molar-refractivity contribution in [2.75, 3.05) is 18.1 Å². The minimum atomic E-state index is -0.458. The van der Waals surface area contributed by atoms with E-state index < -0.39 is 6.67 Å². The smallest absolute Gasteiger partial charge is 0.128 e. The average Bonchev–Trinajstić information content (AvgIpc) is 1.97. The Morgan fingerprint density at radius 3 is 2.73 bits per heavy atom. The van der Waals surface area contributed by atoms with Gasteiger partial charge in [0.15, 0.2) is 0 Å². The number of halogens is 1. The van der Waals surface area contributed by atoms with Gasteiger partial charge in [-0.1, -0.05) is 0 Å². The van der Waals surface area contributed by atoms with Crippen molar-refractivity contribution in [3.8, 4) is 0 Å². The molecule has 0 aliphatic carbocycles. The Labute approximate surface area is 64.2 Å². The first-order chi connectivity index (χ1) is 5.25. The number of rotatable bonds is 2. The van der Waals surface area contributed by atoms with Crippen LogP contribution < -0.4 is 11.5 Å². The van der Waals surface area contributed by atoms with Gasteiger partial charge in [0, 0.05) is 23.9 Å². The van der Waals surface area contributed by atoms with Gasteiger partial charge in [-0.2, -0.15) is 0 Å². The molecule has 0 spiro atoms. The molecule has 0 saturated heterocycles. The standard InChI is InChI=1S/C7H10FN3/c8-3-1-5-6(9)2-4-11-7(5)10/h2,4H,1,3H2,(H4,9,10,11). The Morgan fingerprint density at radius 1 is 1.45 bits per heavy atom. The Balaban J connectivity index is 3.00. The highest BCUT2D eigenvalue weighted by atomic mass is 19.1. The lowest BCUT2D eigenvalue weighted by Crippen LogP contribution is -2.02. The summed E-state index contributed by atoms with van der Waals surface area (Å²) in [5, 5.41) is 0. The summed E-state index contributed by atoms with van der Waals surface area (Å²) in [7, 11) is 0. The van der Waals surface area contributed by atoms with E-state index >= 15 is 0 Å². The van der Waals surface area contributed by atoms with Crippen LogP contribution in [0.2, 0.25) is 0 Å². The first kappa shape index (κ1) is 7.78. The van der Waals surface area contributed by atoms with E-state index in [0.29, 0.717) is 17.1 Å². The fraction of sp³-hybridized carbons (Fsp3) is 0.286. The molecule has 1 rings (SSSR count). The van der Waals surface area contributed by atoms with Gasteiger partial charge < -0.3 is 11.5 Å². The first-order valence-corrected chi connectivity index (χ1v) is 3.30. The van der Waals surface area contributed by atoms with Crippen LogP contribution in [-0.4, -0.2) is 11.7 Å². The maximum absolute atomic E-state index is 11.9. The summed E-state index contributed by atoms with van der Waals surface area (Å²) in [6.07, 6.45) is 1.75. The van der Waals surface area contributed by atoms with E-state index in [1.54, 1.807) is 6.07 Å². The van der Waals surface area contributed by atoms with Gasteiger partial charge in [-0.05, 0) is 6.07 Å². The molecule has 1 aromatic rings. The molecule has 0 atom stereocenters. The van der Waals surface area contributed by atoms with E-state index in [-0.39, 0.29) is 6.42 Å². The summed E-state index contributed by atoms with van der Waals surface area (Å²) in [4.78, 5) is 3.79. The summed E-state index contributed by atoms with van der Waals surface area (Å²) >= 11 is 0. The summed E-state index contributed by atoms with van der Waals surface area (Å²) in [6, 6.07) is 1.61. The molecular formula is C7H10FN3. The molecular weight excluding hydrogens is 145 g/mol. The van der Waals surface area contributed by atoms with Crippen LogP contribution in [-0.2, 0) is 6.42 Å². The molecule has 1 heterocycles. The minimum Gasteiger partial charge on any atom is -0.398 e. The summed E-state index contributed by atoms with van der Waals surface area (Å²) in [5.74, 6) is 0.322. The highest BCUT2D eigenvalue weighted by Gasteiger charge is 2.02. The zero-order chi connectivity index (χ0) is 8.27. The lowest BCUT2D eigenvalue weighted by Gasteiger charge is -2.04. The van der Waals surface area contributed by atoms with E-state index in [1.165, 1.54) is 6.20 Å². The van der Waals surface area contributed by atoms with Crippen LogP contribution in [0, 0.1) is 0 Å². The number of nitrogens with zero attached hydrogens (tertiary/aromatic N) is 1. The Hall–Kier alpha value is -1.32. The fourth-order valence-corrected chi connectivity index (χ4v) is 0.891. The van der Waals surface area contributed by atoms with Crippen LogP contribution >= 0.6 is 0 Å². The molecule has 1 aromatic heterocycles. The van der Waals surface area contributed by atoms with Crippen LogP contribution in [0.5, 0.6) is 0 Å². The molecule has 0 aromatic carbocycles. The summed E-state index contributed by atoms with van der Waals surface area (Å²) < 4.78 is 11.9. The second-order valence-corrected chi connectivity index (χ2v) is 2.20. The normalized spacial score (nSPS) is 9.91. The molecule has 4 heteroatoms. The Kier molecular flexibility index (Phi) is 2.25. The maximum atomic E-state index is 11.9. The monoisotopic (exact) mass is 155 g/mol. The molecule has 0 bridgehead atoms. The topological polar surface area (TPSA) is 64.9 Å². The van der Waals surface area contributed by atoms with E-state index in [0.717, 1.165) is 0 Å². The number of aromatic nitrogens is 1. The molecule has 0 saturated carbocycles. The number of alkyl halides is 1. The van der Waals surface area contributed by atoms with Crippen molar-refractivity contribution in [1.29, 1.82) is 0 Å². The van der Waals surface area contributed by atoms with Gasteiger partial charge in [-0.25, -0.2) is 4.98 Å². The van der Waals surface area contributed by atoms with Gasteiger partial charge in [0.2, 0.25) is 0 Å². The highest BCUT2D eigenvalue weighted by Crippen LogP contribution is 2.16. The van der Waals surface area contributed by atoms with E-state index in [4.69, 9.17) is 11.5 Å². The highest BCUT2D eigenvalue weighted by molar-refractivity contribution is 5.56. The van der Waals surface area contributed by atoms with Gasteiger partial charge in [-0.15, -0.1) is 0 Å². The predicted molar refractivity (Wildman–Crippen MR) is 42.7 cm³/mol. The van der Waals surface area contributed by atoms with Crippen LogP contribution in [0.15, 0.2) is 12.3 Å². The maximum Gasteiger partial charge on any atom is 0.128 e. The van der Waals surface area contributed by atoms with Crippen LogP contribution in [0.4, 0.5) is 15.9 Å². The molecule has 0 amide bonds. The van der Waals surface area contributed by atoms with Crippen LogP contribution in [0.1, 0.15) is 5.56 Å². The number of hydrogen-bond donors (Lipinski definition) is 2. The largest absolute Gasteiger partial charge is 0.398 e. The Bertz CT molecular complexity index is 229. The predicted octanol–water partition coefficient (Wildman–Crippen LogP) is 0.758. The van der Waals surface area contributed by atoms with Crippen LogP contribution in [0.25, 0.3) is 0 Å². The lowest BCUT2D eigenvalue weighted by atomic mass is 10.1. The third-order valence-electron chi connectivity index (χ3n) is 1.47. The van der Waals surface area contributed by atoms with Gasteiger partial charge in [0.05, 0.1) is 6.67 Å². The molecule has 11 heavy (non-hydrogen) atoms. The quantitative estimate of drug-likeness (QED) is 0.662. The first-order valence-electron chi connectivity index (χ1n) is 3.30. The lowest BCUT2D eigenvalue weighted by molar-refractivity contribution is 0.496. The second-order valence-electron chi connectivity index (χ2n) is 2.20. The molecule has 0 radical (unpaired) electrons. The number of hydrogen-bond acceptors (Lipinski definition) is 3. The molecule has 3 nitrogen and oxygen atoms in total. The molecule has 4 N–H and O–H groups in total. The van der Waals surface area contributed by atoms with Crippen molar-refractivity contribution in [3.63, 3.8) is 0 Å². The molecule has 0 fully saturated rings. The molecule has 0 unspecified atom stereocenters. The SMILES string of the molecule is Nc1ccnc(N)c1CCF.